The Morgan fingerprint density at radius 2 is 1.83 bits per heavy atom. The third kappa shape index (κ3) is 0.547. The van der Waals surface area contributed by atoms with Crippen LogP contribution in [0.3, 0.4) is 0 Å². The average molecular weight is 154 g/mol. The van der Waals surface area contributed by atoms with E-state index in [0.717, 1.165) is 0 Å². The maximum atomic E-state index is 2.30. The second kappa shape index (κ2) is 1.71. The van der Waals surface area contributed by atoms with Gasteiger partial charge in [-0.3, -0.25) is 0 Å². The first-order valence-electron chi connectivity index (χ1n) is 4.32. The molecule has 0 saturated carbocycles. The summed E-state index contributed by atoms with van der Waals surface area (Å²) in [5.41, 5.74) is 5.79. The molecule has 1 aliphatic carbocycles. The lowest BCUT2D eigenvalue weighted by Crippen LogP contribution is -1.77. The highest BCUT2D eigenvalue weighted by atomic mass is 14.2. The minimum atomic E-state index is 1.42. The van der Waals surface area contributed by atoms with Gasteiger partial charge in [-0.2, -0.15) is 0 Å². The summed E-state index contributed by atoms with van der Waals surface area (Å²) in [6, 6.07) is 8.87. The van der Waals surface area contributed by atoms with Crippen molar-refractivity contribution in [3.63, 3.8) is 0 Å². The summed E-state index contributed by atoms with van der Waals surface area (Å²) >= 11 is 0. The fraction of sp³-hybridized carbons (Fsp3) is 0.167. The summed E-state index contributed by atoms with van der Waals surface area (Å²) in [5, 5.41) is 2.95. The van der Waals surface area contributed by atoms with Crippen LogP contribution in [0, 0.1) is 13.8 Å². The maximum Gasteiger partial charge on any atom is -0.00235 e. The van der Waals surface area contributed by atoms with Crippen molar-refractivity contribution in [1.82, 2.24) is 0 Å². The van der Waals surface area contributed by atoms with Crippen LogP contribution < -0.4 is 0 Å². The topological polar surface area (TPSA) is 0 Å². The van der Waals surface area contributed by atoms with E-state index in [-0.39, 0.29) is 0 Å². The molecule has 0 atom stereocenters. The molecule has 0 spiro atoms. The minimum Gasteiger partial charge on any atom is -0.0610 e. The second-order valence-corrected chi connectivity index (χ2v) is 3.59. The Bertz CT molecular complexity index is 493. The van der Waals surface area contributed by atoms with Crippen molar-refractivity contribution in [2.45, 2.75) is 13.8 Å². The van der Waals surface area contributed by atoms with Gasteiger partial charge in [0.1, 0.15) is 0 Å². The number of rotatable bonds is 0. The highest BCUT2D eigenvalue weighted by Gasteiger charge is 2.22. The van der Waals surface area contributed by atoms with Gasteiger partial charge < -0.3 is 0 Å². The zero-order chi connectivity index (χ0) is 8.29. The second-order valence-electron chi connectivity index (χ2n) is 3.59. The van der Waals surface area contributed by atoms with E-state index < -0.39 is 0 Å². The molecule has 3 rings (SSSR count). The molecule has 0 heteroatoms. The lowest BCUT2D eigenvalue weighted by atomic mass is 10.1. The minimum absolute atomic E-state index is 1.42. The van der Waals surface area contributed by atoms with Crippen LogP contribution in [-0.2, 0) is 0 Å². The van der Waals surface area contributed by atoms with Crippen LogP contribution in [0.25, 0.3) is 21.9 Å². The van der Waals surface area contributed by atoms with Gasteiger partial charge in [0.15, 0.2) is 0 Å². The highest BCUT2D eigenvalue weighted by molar-refractivity contribution is 6.21. The third-order valence-corrected chi connectivity index (χ3v) is 2.92. The lowest BCUT2D eigenvalue weighted by molar-refractivity contribution is 1.39. The van der Waals surface area contributed by atoms with E-state index >= 15 is 0 Å². The van der Waals surface area contributed by atoms with Gasteiger partial charge in [0.25, 0.3) is 0 Å². The molecule has 0 unspecified atom stereocenters. The molecule has 0 aromatic heterocycles. The fourth-order valence-corrected chi connectivity index (χ4v) is 2.00. The molecule has 0 N–H and O–H groups in total. The van der Waals surface area contributed by atoms with Gasteiger partial charge in [0.05, 0.1) is 0 Å². The molecule has 12 heavy (non-hydrogen) atoms. The predicted molar refractivity (Wildman–Crippen MR) is 52.4 cm³/mol. The van der Waals surface area contributed by atoms with E-state index in [0.29, 0.717) is 0 Å². The first kappa shape index (κ1) is 6.24. The summed E-state index contributed by atoms with van der Waals surface area (Å²) in [6.07, 6.45) is 0. The van der Waals surface area contributed by atoms with Crippen LogP contribution in [0.4, 0.5) is 0 Å². The quantitative estimate of drug-likeness (QED) is 0.465. The number of hydrogen-bond acceptors (Lipinski definition) is 0. The molecule has 0 bridgehead atoms. The van der Waals surface area contributed by atoms with Crippen molar-refractivity contribution in [3.05, 3.63) is 35.4 Å². The zero-order valence-electron chi connectivity index (χ0n) is 7.31. The first-order valence-corrected chi connectivity index (χ1v) is 4.32. The van der Waals surface area contributed by atoms with Gasteiger partial charge in [0.2, 0.25) is 0 Å². The van der Waals surface area contributed by atoms with E-state index in [2.05, 4.69) is 38.1 Å². The van der Waals surface area contributed by atoms with Gasteiger partial charge in [-0.25, -0.2) is 0 Å². The Kier molecular flexibility index (Phi) is 0.891. The fourth-order valence-electron chi connectivity index (χ4n) is 2.00. The van der Waals surface area contributed by atoms with Gasteiger partial charge in [-0.05, 0) is 46.9 Å². The molecule has 2 aromatic carbocycles. The molecule has 0 radical (unpaired) electrons. The third-order valence-electron chi connectivity index (χ3n) is 2.92. The smallest absolute Gasteiger partial charge is 0.00235 e. The van der Waals surface area contributed by atoms with E-state index in [1.54, 1.807) is 0 Å². The summed E-state index contributed by atoms with van der Waals surface area (Å²) in [5.74, 6) is 0. The Hall–Kier alpha value is -1.30. The summed E-state index contributed by atoms with van der Waals surface area (Å²) in [4.78, 5) is 0. The lowest BCUT2D eigenvalue weighted by Gasteiger charge is -1.98. The molecule has 0 amide bonds. The van der Waals surface area contributed by atoms with Crippen molar-refractivity contribution < 1.29 is 0 Å². The number of benzene rings is 2. The van der Waals surface area contributed by atoms with E-state index in [1.165, 1.54) is 33.0 Å². The molecule has 0 heterocycles. The van der Waals surface area contributed by atoms with Crippen molar-refractivity contribution in [2.24, 2.45) is 0 Å². The van der Waals surface area contributed by atoms with Crippen LogP contribution in [0.5, 0.6) is 0 Å². The normalized spacial score (nSPS) is 12.2. The van der Waals surface area contributed by atoms with Gasteiger partial charge in [-0.1, -0.05) is 24.3 Å². The van der Waals surface area contributed by atoms with Crippen LogP contribution >= 0.6 is 0 Å². The van der Waals surface area contributed by atoms with Crippen LogP contribution in [0.1, 0.15) is 11.1 Å². The summed E-state index contributed by atoms with van der Waals surface area (Å²) in [7, 11) is 0. The van der Waals surface area contributed by atoms with Gasteiger partial charge in [-0.15, -0.1) is 0 Å². The SMILES string of the molecule is Cc1cc2c3c-2cccc3c1C. The Labute approximate surface area is 71.8 Å². The Morgan fingerprint density at radius 3 is 2.67 bits per heavy atom. The van der Waals surface area contributed by atoms with Crippen molar-refractivity contribution in [2.75, 3.05) is 0 Å². The molecular formula is C12H10. The highest BCUT2D eigenvalue weighted by Crippen LogP contribution is 2.48. The summed E-state index contributed by atoms with van der Waals surface area (Å²) in [6.45, 7) is 4.39. The van der Waals surface area contributed by atoms with Crippen molar-refractivity contribution >= 4 is 10.8 Å². The molecule has 58 valence electrons. The molecule has 0 fully saturated rings. The first-order chi connectivity index (χ1) is 5.79. The number of aryl methyl sites for hydroxylation is 2. The van der Waals surface area contributed by atoms with Gasteiger partial charge in [0, 0.05) is 0 Å². The van der Waals surface area contributed by atoms with Gasteiger partial charge >= 0.3 is 0 Å². The standard InChI is InChI=1S/C12H10/c1-7-6-11-10-5-3-4-9(8(7)2)12(10)11/h3-6H,1-2H3. The maximum absolute atomic E-state index is 2.30. The number of fused-ring (bicyclic) bond motifs is 1. The summed E-state index contributed by atoms with van der Waals surface area (Å²) < 4.78 is 0. The Morgan fingerprint density at radius 1 is 1.00 bits per heavy atom. The monoisotopic (exact) mass is 154 g/mol. The molecule has 0 saturated heterocycles. The molecule has 2 aromatic rings. The largest absolute Gasteiger partial charge is 0.0610 e. The number of hydrogen-bond donors (Lipinski definition) is 0. The van der Waals surface area contributed by atoms with Crippen molar-refractivity contribution in [3.8, 4) is 11.1 Å². The van der Waals surface area contributed by atoms with E-state index in [9.17, 15) is 0 Å². The molecule has 1 aliphatic rings. The van der Waals surface area contributed by atoms with Crippen molar-refractivity contribution in [1.29, 1.82) is 0 Å². The zero-order valence-corrected chi connectivity index (χ0v) is 7.31. The molecule has 0 aliphatic heterocycles. The average Bonchev–Trinajstić information content (AvgIpc) is 2.76. The van der Waals surface area contributed by atoms with E-state index in [4.69, 9.17) is 0 Å². The Balaban J connectivity index is 2.59. The van der Waals surface area contributed by atoms with Crippen LogP contribution in [0.15, 0.2) is 24.3 Å². The van der Waals surface area contributed by atoms with Crippen LogP contribution in [-0.4, -0.2) is 0 Å². The molecule has 0 nitrogen and oxygen atoms in total. The van der Waals surface area contributed by atoms with E-state index in [1.807, 2.05) is 0 Å². The predicted octanol–water partition coefficient (Wildman–Crippen LogP) is 3.44. The van der Waals surface area contributed by atoms with Crippen LogP contribution in [0.2, 0.25) is 0 Å². The molecular weight excluding hydrogens is 144 g/mol.